The van der Waals surface area contributed by atoms with Gasteiger partial charge in [0.1, 0.15) is 0 Å². The Balaban J connectivity index is 4.23. The van der Waals surface area contributed by atoms with E-state index >= 15 is 0 Å². The van der Waals surface area contributed by atoms with Gasteiger partial charge in [-0.2, -0.15) is 0 Å². The van der Waals surface area contributed by atoms with Crippen LogP contribution in [-0.4, -0.2) is 8.07 Å². The smallest absolute Gasteiger partial charge is 0.0781 e. The van der Waals surface area contributed by atoms with Gasteiger partial charge < -0.3 is 0 Å². The summed E-state index contributed by atoms with van der Waals surface area (Å²) in [4.78, 5) is 0. The molecule has 0 N–H and O–H groups in total. The molecule has 0 rings (SSSR count). The van der Waals surface area contributed by atoms with Gasteiger partial charge in [0.05, 0.1) is 8.07 Å². The molecular formula is C9H18Si. The molecule has 0 saturated heterocycles. The quantitative estimate of drug-likeness (QED) is 0.422. The molecule has 0 amide bonds. The first-order valence-electron chi connectivity index (χ1n) is 3.89. The zero-order valence-corrected chi connectivity index (χ0v) is 8.78. The zero-order valence-electron chi connectivity index (χ0n) is 7.78. The molecule has 0 aromatic carbocycles. The highest BCUT2D eigenvalue weighted by atomic mass is 28.3. The fraction of sp³-hybridized carbons (Fsp3) is 0.667. The third-order valence-electron chi connectivity index (χ3n) is 1.28. The summed E-state index contributed by atoms with van der Waals surface area (Å²) in [6.45, 7) is 11.3. The van der Waals surface area contributed by atoms with Gasteiger partial charge in [-0.05, 0) is 18.9 Å². The van der Waals surface area contributed by atoms with Crippen molar-refractivity contribution in [3.8, 4) is 0 Å². The second kappa shape index (κ2) is 3.80. The van der Waals surface area contributed by atoms with Crippen LogP contribution in [0.1, 0.15) is 20.3 Å². The van der Waals surface area contributed by atoms with E-state index in [0.29, 0.717) is 0 Å². The first-order chi connectivity index (χ1) is 4.45. The topological polar surface area (TPSA) is 0 Å². The minimum atomic E-state index is -0.993. The molecule has 0 aliphatic rings. The van der Waals surface area contributed by atoms with Gasteiger partial charge in [-0.3, -0.25) is 0 Å². The minimum Gasteiger partial charge on any atom is -0.131 e. The van der Waals surface area contributed by atoms with E-state index in [1.54, 1.807) is 0 Å². The molecule has 0 saturated carbocycles. The Labute approximate surface area is 65.7 Å². The molecular weight excluding hydrogens is 136 g/mol. The summed E-state index contributed by atoms with van der Waals surface area (Å²) in [6, 6.07) is 0. The van der Waals surface area contributed by atoms with E-state index in [2.05, 4.69) is 44.9 Å². The second-order valence-electron chi connectivity index (χ2n) is 3.79. The van der Waals surface area contributed by atoms with Crippen molar-refractivity contribution in [1.29, 1.82) is 0 Å². The average Bonchev–Trinajstić information content (AvgIpc) is 1.81. The first kappa shape index (κ1) is 9.74. The third kappa shape index (κ3) is 5.87. The van der Waals surface area contributed by atoms with Crippen LogP contribution in [0.4, 0.5) is 0 Å². The lowest BCUT2D eigenvalue weighted by atomic mass is 10.3. The second-order valence-corrected chi connectivity index (χ2v) is 8.81. The Kier molecular flexibility index (Phi) is 3.70. The van der Waals surface area contributed by atoms with E-state index in [-0.39, 0.29) is 0 Å². The Morgan fingerprint density at radius 2 is 1.90 bits per heavy atom. The summed E-state index contributed by atoms with van der Waals surface area (Å²) in [7, 11) is -0.993. The van der Waals surface area contributed by atoms with Gasteiger partial charge in [0.2, 0.25) is 0 Å². The molecule has 10 heavy (non-hydrogen) atoms. The van der Waals surface area contributed by atoms with Gasteiger partial charge in [-0.1, -0.05) is 32.3 Å². The molecule has 0 spiro atoms. The number of rotatable bonds is 2. The van der Waals surface area contributed by atoms with Gasteiger partial charge in [0.25, 0.3) is 0 Å². The highest BCUT2D eigenvalue weighted by molar-refractivity contribution is 6.80. The summed E-state index contributed by atoms with van der Waals surface area (Å²) in [5.74, 6) is 0. The van der Waals surface area contributed by atoms with Crippen molar-refractivity contribution in [1.82, 2.24) is 0 Å². The number of allylic oxidation sites excluding steroid dienone is 1. The molecule has 0 fully saturated rings. The van der Waals surface area contributed by atoms with E-state index in [4.69, 9.17) is 0 Å². The minimum absolute atomic E-state index is 0.993. The normalized spacial score (nSPS) is 10.5. The third-order valence-corrected chi connectivity index (χ3v) is 2.29. The maximum absolute atomic E-state index is 3.33. The Hall–Kier alpha value is -0.263. The Morgan fingerprint density at radius 3 is 2.20 bits per heavy atom. The summed E-state index contributed by atoms with van der Waals surface area (Å²) < 4.78 is 0. The van der Waals surface area contributed by atoms with Crippen LogP contribution in [0.25, 0.3) is 0 Å². The lowest BCUT2D eigenvalue weighted by molar-refractivity contribution is 1.11. The predicted octanol–water partition coefficient (Wildman–Crippen LogP) is 3.38. The van der Waals surface area contributed by atoms with Crippen LogP contribution < -0.4 is 0 Å². The molecule has 0 heterocycles. The molecule has 0 unspecified atom stereocenters. The van der Waals surface area contributed by atoms with E-state index in [0.717, 1.165) is 6.42 Å². The summed E-state index contributed by atoms with van der Waals surface area (Å²) >= 11 is 0. The van der Waals surface area contributed by atoms with Gasteiger partial charge in [-0.25, -0.2) is 0 Å². The molecule has 0 radical (unpaired) electrons. The lowest BCUT2D eigenvalue weighted by Crippen LogP contribution is -2.14. The number of hydrogen-bond acceptors (Lipinski definition) is 0. The van der Waals surface area contributed by atoms with Crippen LogP contribution in [0.3, 0.4) is 0 Å². The molecule has 1 heteroatoms. The maximum atomic E-state index is 3.33. The number of hydrogen-bond donors (Lipinski definition) is 0. The summed E-state index contributed by atoms with van der Waals surface area (Å²) in [5, 5.41) is 0. The molecule has 0 bridgehead atoms. The van der Waals surface area contributed by atoms with Crippen molar-refractivity contribution in [2.45, 2.75) is 39.9 Å². The van der Waals surface area contributed by atoms with Crippen molar-refractivity contribution in [3.63, 3.8) is 0 Å². The largest absolute Gasteiger partial charge is 0.131 e. The average molecular weight is 154 g/mol. The predicted molar refractivity (Wildman–Crippen MR) is 50.9 cm³/mol. The molecule has 58 valence electrons. The Morgan fingerprint density at radius 1 is 1.40 bits per heavy atom. The van der Waals surface area contributed by atoms with Crippen molar-refractivity contribution in [2.75, 3.05) is 0 Å². The van der Waals surface area contributed by atoms with Gasteiger partial charge in [-0.15, -0.1) is 5.73 Å². The van der Waals surface area contributed by atoms with E-state index in [1.807, 2.05) is 0 Å². The van der Waals surface area contributed by atoms with E-state index in [1.165, 1.54) is 5.57 Å². The fourth-order valence-electron chi connectivity index (χ4n) is 0.442. The highest BCUT2D eigenvalue weighted by Gasteiger charge is 2.05. The van der Waals surface area contributed by atoms with Crippen LogP contribution in [0.15, 0.2) is 17.0 Å². The molecule has 0 aromatic rings. The van der Waals surface area contributed by atoms with Gasteiger partial charge >= 0.3 is 0 Å². The van der Waals surface area contributed by atoms with Gasteiger partial charge in [0, 0.05) is 0 Å². The zero-order chi connectivity index (χ0) is 8.20. The lowest BCUT2D eigenvalue weighted by Gasteiger charge is -2.05. The van der Waals surface area contributed by atoms with Crippen LogP contribution >= 0.6 is 0 Å². The van der Waals surface area contributed by atoms with Crippen LogP contribution in [0.5, 0.6) is 0 Å². The summed E-state index contributed by atoms with van der Waals surface area (Å²) in [5.41, 5.74) is 6.96. The SMILES string of the molecule is CCC(C)=C=C[Si](C)(C)C. The van der Waals surface area contributed by atoms with Crippen molar-refractivity contribution in [2.24, 2.45) is 0 Å². The maximum Gasteiger partial charge on any atom is 0.0781 e. The molecule has 0 atom stereocenters. The van der Waals surface area contributed by atoms with Crippen LogP contribution in [0.2, 0.25) is 19.6 Å². The molecule has 0 nitrogen and oxygen atoms in total. The molecule has 0 aliphatic carbocycles. The summed E-state index contributed by atoms with van der Waals surface area (Å²) in [6.07, 6.45) is 1.13. The monoisotopic (exact) mass is 154 g/mol. The fourth-order valence-corrected chi connectivity index (χ4v) is 1.12. The van der Waals surface area contributed by atoms with Crippen molar-refractivity contribution >= 4 is 8.07 Å². The van der Waals surface area contributed by atoms with Gasteiger partial charge in [0.15, 0.2) is 0 Å². The van der Waals surface area contributed by atoms with E-state index < -0.39 is 8.07 Å². The van der Waals surface area contributed by atoms with Crippen molar-refractivity contribution in [3.05, 3.63) is 17.0 Å². The van der Waals surface area contributed by atoms with Crippen LogP contribution in [0, 0.1) is 0 Å². The highest BCUT2D eigenvalue weighted by Crippen LogP contribution is 2.02. The molecule has 0 aliphatic heterocycles. The standard InChI is InChI=1S/C9H18Si/c1-6-9(2)7-8-10(3,4)5/h8H,6H2,1-5H3. The first-order valence-corrected chi connectivity index (χ1v) is 7.47. The van der Waals surface area contributed by atoms with Crippen LogP contribution in [-0.2, 0) is 0 Å². The van der Waals surface area contributed by atoms with E-state index in [9.17, 15) is 0 Å². The Bertz CT molecular complexity index is 154. The molecule has 0 aromatic heterocycles. The van der Waals surface area contributed by atoms with Crippen molar-refractivity contribution < 1.29 is 0 Å².